The third-order valence-electron chi connectivity index (χ3n) is 5.18. The Morgan fingerprint density at radius 1 is 1.31 bits per heavy atom. The number of nitrogens with zero attached hydrogens (tertiary/aromatic N) is 3. The van der Waals surface area contributed by atoms with Gasteiger partial charge >= 0.3 is 5.97 Å². The van der Waals surface area contributed by atoms with Crippen molar-refractivity contribution in [3.05, 3.63) is 53.0 Å². The number of hydrogen-bond acceptors (Lipinski definition) is 4. The van der Waals surface area contributed by atoms with Crippen LogP contribution in [0.1, 0.15) is 29.7 Å². The summed E-state index contributed by atoms with van der Waals surface area (Å²) < 4.78 is 27.3. The van der Waals surface area contributed by atoms with E-state index < -0.39 is 23.0 Å². The van der Waals surface area contributed by atoms with Crippen molar-refractivity contribution in [1.82, 2.24) is 9.97 Å². The molecule has 26 heavy (non-hydrogen) atoms. The van der Waals surface area contributed by atoms with E-state index in [1.54, 1.807) is 0 Å². The van der Waals surface area contributed by atoms with Gasteiger partial charge in [-0.05, 0) is 44.7 Å². The molecule has 0 saturated carbocycles. The molecule has 5 nitrogen and oxygen atoms in total. The molecule has 7 heteroatoms. The molecule has 0 spiro atoms. The standard InChI is InChI=1S/C19H21F2N3O2/c1-12-13(2)22-11-23-17(12)24-7-3-6-19(10-24,18(25)26)9-14-4-5-15(20)8-16(14)21/h4-5,8,11H,3,6-7,9-10H2,1-2H3,(H,25,26)/t19-/m1/s1. The van der Waals surface area contributed by atoms with Gasteiger partial charge < -0.3 is 10.0 Å². The minimum absolute atomic E-state index is 0.00800. The summed E-state index contributed by atoms with van der Waals surface area (Å²) in [7, 11) is 0. The van der Waals surface area contributed by atoms with E-state index in [0.29, 0.717) is 25.2 Å². The van der Waals surface area contributed by atoms with Crippen LogP contribution in [-0.4, -0.2) is 34.1 Å². The molecule has 1 saturated heterocycles. The highest BCUT2D eigenvalue weighted by Crippen LogP contribution is 2.37. The highest BCUT2D eigenvalue weighted by Gasteiger charge is 2.43. The molecule has 0 radical (unpaired) electrons. The molecule has 1 aromatic carbocycles. The second-order valence-corrected chi connectivity index (χ2v) is 6.93. The normalized spacial score (nSPS) is 20.2. The maximum absolute atomic E-state index is 14.1. The molecular weight excluding hydrogens is 340 g/mol. The van der Waals surface area contributed by atoms with E-state index in [2.05, 4.69) is 9.97 Å². The number of aromatic nitrogens is 2. The number of carboxylic acids is 1. The molecule has 1 atom stereocenters. The van der Waals surface area contributed by atoms with Gasteiger partial charge in [-0.2, -0.15) is 0 Å². The lowest BCUT2D eigenvalue weighted by atomic mass is 9.75. The highest BCUT2D eigenvalue weighted by molar-refractivity contribution is 5.76. The molecule has 0 unspecified atom stereocenters. The molecule has 0 bridgehead atoms. The van der Waals surface area contributed by atoms with Crippen LogP contribution in [0.15, 0.2) is 24.5 Å². The second-order valence-electron chi connectivity index (χ2n) is 6.93. The summed E-state index contributed by atoms with van der Waals surface area (Å²) in [6, 6.07) is 3.28. The van der Waals surface area contributed by atoms with E-state index in [4.69, 9.17) is 0 Å². The van der Waals surface area contributed by atoms with Crippen molar-refractivity contribution in [3.8, 4) is 0 Å². The van der Waals surface area contributed by atoms with Crippen LogP contribution in [0.4, 0.5) is 14.6 Å². The second kappa shape index (κ2) is 6.97. The fraction of sp³-hybridized carbons (Fsp3) is 0.421. The average Bonchev–Trinajstić information content (AvgIpc) is 2.60. The molecule has 138 valence electrons. The molecule has 3 rings (SSSR count). The summed E-state index contributed by atoms with van der Waals surface area (Å²) in [6.45, 7) is 4.68. The van der Waals surface area contributed by atoms with Crippen LogP contribution in [0.25, 0.3) is 0 Å². The summed E-state index contributed by atoms with van der Waals surface area (Å²) in [4.78, 5) is 22.5. The Labute approximate surface area is 150 Å². The number of aliphatic carboxylic acids is 1. The van der Waals surface area contributed by atoms with Crippen LogP contribution in [0.5, 0.6) is 0 Å². The van der Waals surface area contributed by atoms with Gasteiger partial charge in [-0.15, -0.1) is 0 Å². The zero-order chi connectivity index (χ0) is 18.9. The van der Waals surface area contributed by atoms with Crippen molar-refractivity contribution >= 4 is 11.8 Å². The van der Waals surface area contributed by atoms with Crippen molar-refractivity contribution in [2.45, 2.75) is 33.1 Å². The number of piperidine rings is 1. The Hall–Kier alpha value is -2.57. The first-order valence-corrected chi connectivity index (χ1v) is 8.53. The van der Waals surface area contributed by atoms with Gasteiger partial charge in [-0.1, -0.05) is 6.07 Å². The lowest BCUT2D eigenvalue weighted by Gasteiger charge is -2.41. The van der Waals surface area contributed by atoms with E-state index in [0.717, 1.165) is 23.4 Å². The molecule has 1 aromatic heterocycles. The summed E-state index contributed by atoms with van der Waals surface area (Å²) in [5.74, 6) is -1.65. The molecule has 2 heterocycles. The summed E-state index contributed by atoms with van der Waals surface area (Å²) in [5.41, 5.74) is 0.807. The Bertz CT molecular complexity index is 844. The largest absolute Gasteiger partial charge is 0.481 e. The molecule has 0 aliphatic carbocycles. The van der Waals surface area contributed by atoms with Gasteiger partial charge in [0.05, 0.1) is 5.41 Å². The summed E-state index contributed by atoms with van der Waals surface area (Å²) in [5, 5.41) is 9.93. The Morgan fingerprint density at radius 3 is 2.77 bits per heavy atom. The Balaban J connectivity index is 1.93. The average molecular weight is 361 g/mol. The van der Waals surface area contributed by atoms with Crippen LogP contribution >= 0.6 is 0 Å². The summed E-state index contributed by atoms with van der Waals surface area (Å²) in [6.07, 6.45) is 2.55. The van der Waals surface area contributed by atoms with Gasteiger partial charge in [0, 0.05) is 30.4 Å². The quantitative estimate of drug-likeness (QED) is 0.905. The van der Waals surface area contributed by atoms with Gasteiger partial charge in [-0.25, -0.2) is 18.7 Å². The third-order valence-corrected chi connectivity index (χ3v) is 5.18. The Kier molecular flexibility index (Phi) is 4.89. The smallest absolute Gasteiger partial charge is 0.311 e. The molecule has 1 fully saturated rings. The van der Waals surface area contributed by atoms with E-state index in [-0.39, 0.29) is 18.5 Å². The molecule has 2 aromatic rings. The minimum Gasteiger partial charge on any atom is -0.481 e. The molecule has 0 amide bonds. The monoisotopic (exact) mass is 361 g/mol. The van der Waals surface area contributed by atoms with Crippen LogP contribution in [0.2, 0.25) is 0 Å². The minimum atomic E-state index is -1.15. The predicted molar refractivity (Wildman–Crippen MR) is 93.1 cm³/mol. The van der Waals surface area contributed by atoms with Gasteiger partial charge in [0.25, 0.3) is 0 Å². The fourth-order valence-electron chi connectivity index (χ4n) is 3.58. The van der Waals surface area contributed by atoms with Crippen LogP contribution < -0.4 is 4.90 Å². The van der Waals surface area contributed by atoms with Gasteiger partial charge in [0.15, 0.2) is 0 Å². The lowest BCUT2D eigenvalue weighted by molar-refractivity contribution is -0.149. The van der Waals surface area contributed by atoms with Crippen LogP contribution in [0, 0.1) is 30.9 Å². The van der Waals surface area contributed by atoms with Gasteiger partial charge in [0.1, 0.15) is 23.8 Å². The molecule has 1 N–H and O–H groups in total. The van der Waals surface area contributed by atoms with E-state index in [1.807, 2.05) is 18.7 Å². The maximum atomic E-state index is 14.1. The van der Waals surface area contributed by atoms with Crippen LogP contribution in [-0.2, 0) is 11.2 Å². The van der Waals surface area contributed by atoms with E-state index in [1.165, 1.54) is 12.4 Å². The van der Waals surface area contributed by atoms with Crippen LogP contribution in [0.3, 0.4) is 0 Å². The van der Waals surface area contributed by atoms with Gasteiger partial charge in [-0.3, -0.25) is 4.79 Å². The third kappa shape index (κ3) is 3.38. The van der Waals surface area contributed by atoms with E-state index >= 15 is 0 Å². The summed E-state index contributed by atoms with van der Waals surface area (Å²) >= 11 is 0. The SMILES string of the molecule is Cc1ncnc(N2CCC[C@](Cc3ccc(F)cc3F)(C(=O)O)C2)c1C. The molecular formula is C19H21F2N3O2. The zero-order valence-corrected chi connectivity index (χ0v) is 14.8. The van der Waals surface area contributed by atoms with Gasteiger partial charge in [0.2, 0.25) is 0 Å². The highest BCUT2D eigenvalue weighted by atomic mass is 19.1. The van der Waals surface area contributed by atoms with Crippen molar-refractivity contribution < 1.29 is 18.7 Å². The molecule has 1 aliphatic rings. The first-order valence-electron chi connectivity index (χ1n) is 8.53. The van der Waals surface area contributed by atoms with E-state index in [9.17, 15) is 18.7 Å². The number of aryl methyl sites for hydroxylation is 1. The fourth-order valence-corrected chi connectivity index (χ4v) is 3.58. The number of anilines is 1. The predicted octanol–water partition coefficient (Wildman–Crippen LogP) is 3.29. The zero-order valence-electron chi connectivity index (χ0n) is 14.8. The number of rotatable bonds is 4. The van der Waals surface area contributed by atoms with Crippen molar-refractivity contribution in [3.63, 3.8) is 0 Å². The number of carbonyl (C=O) groups is 1. The first kappa shape index (κ1) is 18.2. The number of benzene rings is 1. The number of hydrogen-bond donors (Lipinski definition) is 1. The van der Waals surface area contributed by atoms with Crippen molar-refractivity contribution in [2.24, 2.45) is 5.41 Å². The lowest BCUT2D eigenvalue weighted by Crippen LogP contribution is -2.49. The number of carboxylic acid groups (broad SMARTS) is 1. The molecule has 1 aliphatic heterocycles. The van der Waals surface area contributed by atoms with Crippen molar-refractivity contribution in [2.75, 3.05) is 18.0 Å². The van der Waals surface area contributed by atoms with Crippen molar-refractivity contribution in [1.29, 1.82) is 0 Å². The Morgan fingerprint density at radius 2 is 2.08 bits per heavy atom. The first-order chi connectivity index (χ1) is 12.3. The topological polar surface area (TPSA) is 66.3 Å². The number of halogens is 2. The maximum Gasteiger partial charge on any atom is 0.311 e.